The van der Waals surface area contributed by atoms with Crippen molar-refractivity contribution in [1.29, 1.82) is 0 Å². The fraction of sp³-hybridized carbons (Fsp3) is 0.727. The van der Waals surface area contributed by atoms with E-state index in [2.05, 4.69) is 10.6 Å². The number of nitrogens with one attached hydrogen (secondary N) is 2. The van der Waals surface area contributed by atoms with Gasteiger partial charge in [0.2, 0.25) is 0 Å². The van der Waals surface area contributed by atoms with Crippen LogP contribution in [0.5, 0.6) is 0 Å². The predicted octanol–water partition coefficient (Wildman–Crippen LogP) is 2.43. The smallest absolute Gasteiger partial charge is 0.259 e. The van der Waals surface area contributed by atoms with Gasteiger partial charge in [-0.1, -0.05) is 19.3 Å². The average Bonchev–Trinajstić information content (AvgIpc) is 3.08. The first-order valence-corrected chi connectivity index (χ1v) is 11.4. The monoisotopic (exact) mass is 399 g/mol. The van der Waals surface area contributed by atoms with Gasteiger partial charge >= 0.3 is 0 Å². The summed E-state index contributed by atoms with van der Waals surface area (Å²) >= 11 is 0. The molecule has 1 aromatic rings. The number of fused-ring (bicyclic) bond motifs is 2. The van der Waals surface area contributed by atoms with Crippen LogP contribution in [0, 0.1) is 24.7 Å². The van der Waals surface area contributed by atoms with Gasteiger partial charge in [-0.25, -0.2) is 4.68 Å². The maximum absolute atomic E-state index is 13.5. The summed E-state index contributed by atoms with van der Waals surface area (Å²) in [5, 5.41) is 21.7. The molecular weight excluding hydrogens is 366 g/mol. The lowest BCUT2D eigenvalue weighted by Gasteiger charge is -2.41. The van der Waals surface area contributed by atoms with Crippen LogP contribution < -0.4 is 10.6 Å². The van der Waals surface area contributed by atoms with Crippen LogP contribution >= 0.6 is 0 Å². The Balaban J connectivity index is 1.42. The summed E-state index contributed by atoms with van der Waals surface area (Å²) in [6.45, 7) is 5.57. The Labute approximate surface area is 172 Å². The molecule has 3 aliphatic heterocycles. The number of aromatic nitrogens is 2. The molecule has 3 unspecified atom stereocenters. The Morgan fingerprint density at radius 2 is 1.90 bits per heavy atom. The lowest BCUT2D eigenvalue weighted by atomic mass is 9.75. The molecule has 1 aliphatic carbocycles. The van der Waals surface area contributed by atoms with E-state index in [4.69, 9.17) is 5.10 Å². The molecule has 29 heavy (non-hydrogen) atoms. The number of amides is 1. The number of hydrogen-bond acceptors (Lipinski definition) is 5. The summed E-state index contributed by atoms with van der Waals surface area (Å²) in [7, 11) is 0. The van der Waals surface area contributed by atoms with E-state index in [0.717, 1.165) is 62.8 Å². The zero-order chi connectivity index (χ0) is 20.0. The quantitative estimate of drug-likeness (QED) is 0.712. The molecule has 0 aromatic carbocycles. The predicted molar refractivity (Wildman–Crippen MR) is 112 cm³/mol. The highest BCUT2D eigenvalue weighted by Crippen LogP contribution is 2.38. The minimum Gasteiger partial charge on any atom is -0.370 e. The van der Waals surface area contributed by atoms with Gasteiger partial charge in [-0.05, 0) is 63.6 Å². The van der Waals surface area contributed by atoms with Gasteiger partial charge in [0.1, 0.15) is 17.6 Å². The third-order valence-electron chi connectivity index (χ3n) is 7.47. The van der Waals surface area contributed by atoms with Crippen molar-refractivity contribution in [2.24, 2.45) is 17.8 Å². The van der Waals surface area contributed by atoms with Crippen molar-refractivity contribution in [1.82, 2.24) is 20.0 Å². The number of rotatable bonds is 2. The lowest BCUT2D eigenvalue weighted by Crippen LogP contribution is -2.45. The van der Waals surface area contributed by atoms with Gasteiger partial charge in [-0.2, -0.15) is 5.10 Å². The highest BCUT2D eigenvalue weighted by molar-refractivity contribution is 6.01. The second kappa shape index (κ2) is 7.76. The number of carbonyl (C=O) groups is 1. The highest BCUT2D eigenvalue weighted by Gasteiger charge is 2.37. The Kier molecular flexibility index (Phi) is 5.12. The van der Waals surface area contributed by atoms with E-state index in [0.29, 0.717) is 23.2 Å². The van der Waals surface area contributed by atoms with E-state index < -0.39 is 6.23 Å². The first-order valence-electron chi connectivity index (χ1n) is 11.4. The Morgan fingerprint density at radius 1 is 1.14 bits per heavy atom. The fourth-order valence-corrected chi connectivity index (χ4v) is 5.89. The molecular formula is C22H33N5O2. The van der Waals surface area contributed by atoms with Crippen LogP contribution in [0.15, 0.2) is 6.08 Å². The van der Waals surface area contributed by atoms with Crippen molar-refractivity contribution in [2.45, 2.75) is 58.1 Å². The van der Waals surface area contributed by atoms with Crippen molar-refractivity contribution in [3.05, 3.63) is 17.3 Å². The summed E-state index contributed by atoms with van der Waals surface area (Å²) in [5.74, 6) is 2.54. The van der Waals surface area contributed by atoms with E-state index in [1.54, 1.807) is 0 Å². The summed E-state index contributed by atoms with van der Waals surface area (Å²) < 4.78 is 1.89. The molecule has 1 saturated carbocycles. The molecule has 4 heterocycles. The molecule has 3 fully saturated rings. The normalized spacial score (nSPS) is 30.2. The summed E-state index contributed by atoms with van der Waals surface area (Å²) in [6.07, 6.45) is 9.46. The maximum atomic E-state index is 13.5. The van der Waals surface area contributed by atoms with Crippen molar-refractivity contribution in [2.75, 3.05) is 31.5 Å². The van der Waals surface area contributed by atoms with Crippen molar-refractivity contribution >= 4 is 17.4 Å². The number of allylic oxidation sites excluding steroid dienone is 1. The molecule has 1 amide bonds. The topological polar surface area (TPSA) is 82.4 Å². The summed E-state index contributed by atoms with van der Waals surface area (Å²) in [6, 6.07) is 0. The number of nitrogens with zero attached hydrogens (tertiary/aromatic N) is 3. The van der Waals surface area contributed by atoms with Gasteiger partial charge in [0.25, 0.3) is 5.91 Å². The van der Waals surface area contributed by atoms with Gasteiger partial charge in [-0.3, -0.25) is 4.79 Å². The van der Waals surface area contributed by atoms with E-state index in [-0.39, 0.29) is 5.91 Å². The SMILES string of the molecule is Cc1nn2c(c1C(=O)N1CCC3CCCCC3C1)NC(O)C=C2C1CCNCC1. The standard InChI is InChI=1S/C22H33N5O2/c1-14-20(22(29)26-11-8-15-4-2-3-5-17(15)13-26)21-24-19(28)12-18(27(21)25-14)16-6-9-23-10-7-16/h12,15-17,19,23-24,28H,2-11,13H2,1H3. The first kappa shape index (κ1) is 19.1. The van der Waals surface area contributed by atoms with Gasteiger partial charge in [0, 0.05) is 24.7 Å². The van der Waals surface area contributed by atoms with Crippen LogP contribution in [0.3, 0.4) is 0 Å². The number of aliphatic hydroxyl groups excluding tert-OH is 1. The molecule has 3 atom stereocenters. The maximum Gasteiger partial charge on any atom is 0.259 e. The summed E-state index contributed by atoms with van der Waals surface area (Å²) in [4.78, 5) is 15.6. The van der Waals surface area contributed by atoms with Crippen LogP contribution in [-0.4, -0.2) is 58.1 Å². The number of likely N-dealkylation sites (tertiary alicyclic amines) is 1. The molecule has 0 spiro atoms. The number of aliphatic hydroxyl groups is 1. The van der Waals surface area contributed by atoms with E-state index in [9.17, 15) is 9.90 Å². The van der Waals surface area contributed by atoms with Gasteiger partial charge < -0.3 is 20.6 Å². The van der Waals surface area contributed by atoms with E-state index in [1.165, 1.54) is 25.7 Å². The van der Waals surface area contributed by atoms with Crippen molar-refractivity contribution in [3.8, 4) is 0 Å². The second-order valence-electron chi connectivity index (χ2n) is 9.27. The molecule has 0 bridgehead atoms. The Morgan fingerprint density at radius 3 is 2.69 bits per heavy atom. The molecule has 1 aromatic heterocycles. The van der Waals surface area contributed by atoms with Gasteiger partial charge in [-0.15, -0.1) is 0 Å². The Hall–Kier alpha value is -1.86. The molecule has 0 radical (unpaired) electrons. The highest BCUT2D eigenvalue weighted by atomic mass is 16.3. The zero-order valence-corrected chi connectivity index (χ0v) is 17.4. The van der Waals surface area contributed by atoms with Gasteiger partial charge in [0.15, 0.2) is 0 Å². The third kappa shape index (κ3) is 3.48. The number of piperidine rings is 2. The van der Waals surface area contributed by atoms with Crippen molar-refractivity contribution < 1.29 is 9.90 Å². The third-order valence-corrected chi connectivity index (χ3v) is 7.47. The molecule has 5 rings (SSSR count). The Bertz CT molecular complexity index is 810. The average molecular weight is 400 g/mol. The molecule has 7 heteroatoms. The fourth-order valence-electron chi connectivity index (χ4n) is 5.89. The van der Waals surface area contributed by atoms with Crippen LogP contribution in [-0.2, 0) is 0 Å². The van der Waals surface area contributed by atoms with Crippen LogP contribution in [0.2, 0.25) is 0 Å². The zero-order valence-electron chi connectivity index (χ0n) is 17.4. The molecule has 3 N–H and O–H groups in total. The second-order valence-corrected chi connectivity index (χ2v) is 9.27. The summed E-state index contributed by atoms with van der Waals surface area (Å²) in [5.41, 5.74) is 2.41. The first-order chi connectivity index (χ1) is 14.1. The molecule has 7 nitrogen and oxygen atoms in total. The number of aryl methyl sites for hydroxylation is 1. The molecule has 2 saturated heterocycles. The largest absolute Gasteiger partial charge is 0.370 e. The number of hydrogen-bond donors (Lipinski definition) is 3. The van der Waals surface area contributed by atoms with Crippen LogP contribution in [0.1, 0.15) is 61.0 Å². The van der Waals surface area contributed by atoms with Gasteiger partial charge in [0.05, 0.1) is 5.69 Å². The minimum absolute atomic E-state index is 0.0686. The van der Waals surface area contributed by atoms with E-state index >= 15 is 0 Å². The molecule has 4 aliphatic rings. The van der Waals surface area contributed by atoms with Crippen LogP contribution in [0.25, 0.3) is 5.70 Å². The molecule has 158 valence electrons. The van der Waals surface area contributed by atoms with Crippen molar-refractivity contribution in [3.63, 3.8) is 0 Å². The van der Waals surface area contributed by atoms with Crippen LogP contribution in [0.4, 0.5) is 5.82 Å². The lowest BCUT2D eigenvalue weighted by molar-refractivity contribution is 0.0521. The number of anilines is 1. The van der Waals surface area contributed by atoms with E-state index in [1.807, 2.05) is 22.6 Å². The number of carbonyl (C=O) groups excluding carboxylic acids is 1. The minimum atomic E-state index is -0.779.